The Bertz CT molecular complexity index is 1170. The van der Waals surface area contributed by atoms with Gasteiger partial charge in [0.2, 0.25) is 5.89 Å². The highest BCUT2D eigenvalue weighted by molar-refractivity contribution is 6.07. The molecule has 0 radical (unpaired) electrons. The maximum Gasteiger partial charge on any atom is 0.310 e. The smallest absolute Gasteiger partial charge is 0.310 e. The van der Waals surface area contributed by atoms with Gasteiger partial charge in [-0.1, -0.05) is 30.3 Å². The molecule has 2 heterocycles. The number of oxazole rings is 1. The third kappa shape index (κ3) is 2.73. The molecule has 2 aromatic carbocycles. The lowest BCUT2D eigenvalue weighted by Gasteiger charge is -2.06. The van der Waals surface area contributed by atoms with E-state index in [9.17, 15) is 9.90 Å². The summed E-state index contributed by atoms with van der Waals surface area (Å²) in [5.74, 6) is -0.402. The fraction of sp³-hybridized carbons (Fsp3) is 0.0952. The molecule has 1 amide bonds. The minimum atomic E-state index is -0.366. The van der Waals surface area contributed by atoms with E-state index in [0.717, 1.165) is 21.9 Å². The normalized spacial score (nSPS) is 14.7. The number of aromatic hydroxyl groups is 1. The molecule has 1 aliphatic heterocycles. The summed E-state index contributed by atoms with van der Waals surface area (Å²) in [7, 11) is 0. The highest BCUT2D eigenvalue weighted by Crippen LogP contribution is 2.28. The van der Waals surface area contributed by atoms with Gasteiger partial charge >= 0.3 is 5.95 Å². The number of carbonyl (C=O) groups is 1. The molecule has 3 aromatic rings. The van der Waals surface area contributed by atoms with Crippen LogP contribution in [-0.4, -0.2) is 16.0 Å². The Morgan fingerprint density at radius 1 is 1.08 bits per heavy atom. The van der Waals surface area contributed by atoms with Crippen molar-refractivity contribution in [3.8, 4) is 17.4 Å². The standard InChI is InChI=1S/C21H16N2O3/c1-12-8-9-15-10-16(19(24)23-18(15)13(12)2)11-17-21(25)26-20(22-17)14-6-4-3-5-7-14/h3-11,25H,1-2H3/b16-11+. The maximum atomic E-state index is 12.4. The van der Waals surface area contributed by atoms with Gasteiger partial charge in [0, 0.05) is 16.4 Å². The molecule has 1 aliphatic rings. The molecular formula is C21H16N2O3. The van der Waals surface area contributed by atoms with Crippen molar-refractivity contribution in [2.45, 2.75) is 13.8 Å². The summed E-state index contributed by atoms with van der Waals surface area (Å²) < 4.78 is 5.33. The Morgan fingerprint density at radius 3 is 2.62 bits per heavy atom. The van der Waals surface area contributed by atoms with Crippen molar-refractivity contribution in [1.29, 1.82) is 0 Å². The second-order valence-corrected chi connectivity index (χ2v) is 6.18. The number of rotatable bonds is 2. The Kier molecular flexibility index (Phi) is 3.77. The van der Waals surface area contributed by atoms with Gasteiger partial charge < -0.3 is 9.52 Å². The molecule has 0 aliphatic carbocycles. The number of hydrogen-bond acceptors (Lipinski definition) is 4. The average Bonchev–Trinajstić information content (AvgIpc) is 3.01. The number of hydrogen-bond donors (Lipinski definition) is 1. The Hall–Kier alpha value is -3.47. The molecule has 128 valence electrons. The van der Waals surface area contributed by atoms with E-state index in [-0.39, 0.29) is 17.5 Å². The van der Waals surface area contributed by atoms with Gasteiger partial charge in [-0.25, -0.2) is 9.98 Å². The Labute approximate surface area is 149 Å². The third-order valence-corrected chi connectivity index (χ3v) is 4.45. The molecule has 5 heteroatoms. The van der Waals surface area contributed by atoms with Gasteiger partial charge in [-0.3, -0.25) is 4.79 Å². The molecule has 1 N–H and O–H groups in total. The Morgan fingerprint density at radius 2 is 1.85 bits per heavy atom. The van der Waals surface area contributed by atoms with Crippen LogP contribution in [0, 0.1) is 13.8 Å². The molecule has 0 fully saturated rings. The van der Waals surface area contributed by atoms with E-state index in [0.29, 0.717) is 16.8 Å². The first kappa shape index (κ1) is 16.0. The highest BCUT2D eigenvalue weighted by Gasteiger charge is 2.17. The zero-order chi connectivity index (χ0) is 18.3. The van der Waals surface area contributed by atoms with Crippen LogP contribution < -0.4 is 10.6 Å². The largest absolute Gasteiger partial charge is 0.479 e. The summed E-state index contributed by atoms with van der Waals surface area (Å²) in [5, 5.41) is 11.6. The molecule has 0 saturated carbocycles. The first-order valence-electron chi connectivity index (χ1n) is 8.21. The van der Waals surface area contributed by atoms with Crippen LogP contribution in [0.4, 0.5) is 0 Å². The number of nitrogens with zero attached hydrogens (tertiary/aromatic N) is 2. The van der Waals surface area contributed by atoms with Crippen LogP contribution in [0.5, 0.6) is 5.95 Å². The fourth-order valence-corrected chi connectivity index (χ4v) is 2.86. The maximum absolute atomic E-state index is 12.4. The van der Waals surface area contributed by atoms with Gasteiger partial charge in [0.15, 0.2) is 0 Å². The number of benzene rings is 2. The van der Waals surface area contributed by atoms with E-state index in [4.69, 9.17) is 4.42 Å². The predicted octanol–water partition coefficient (Wildman–Crippen LogP) is 2.69. The van der Waals surface area contributed by atoms with E-state index < -0.39 is 0 Å². The second kappa shape index (κ2) is 6.11. The predicted molar refractivity (Wildman–Crippen MR) is 97.7 cm³/mol. The van der Waals surface area contributed by atoms with E-state index in [1.807, 2.05) is 56.3 Å². The van der Waals surface area contributed by atoms with Crippen molar-refractivity contribution >= 4 is 18.1 Å². The van der Waals surface area contributed by atoms with Crippen molar-refractivity contribution < 1.29 is 14.3 Å². The van der Waals surface area contributed by atoms with Crippen molar-refractivity contribution in [3.05, 3.63) is 75.4 Å². The fourth-order valence-electron chi connectivity index (χ4n) is 2.86. The van der Waals surface area contributed by atoms with Crippen LogP contribution in [0.25, 0.3) is 23.6 Å². The average molecular weight is 344 g/mol. The summed E-state index contributed by atoms with van der Waals surface area (Å²) in [5.41, 5.74) is 3.37. The number of aryl methyl sites for hydroxylation is 1. The lowest BCUT2D eigenvalue weighted by atomic mass is 10.0. The first-order chi connectivity index (χ1) is 12.5. The summed E-state index contributed by atoms with van der Waals surface area (Å²) in [4.78, 5) is 20.9. The van der Waals surface area contributed by atoms with Crippen molar-refractivity contribution in [1.82, 2.24) is 4.98 Å². The first-order valence-corrected chi connectivity index (χ1v) is 8.21. The van der Waals surface area contributed by atoms with Crippen molar-refractivity contribution in [2.75, 3.05) is 0 Å². The van der Waals surface area contributed by atoms with Gasteiger partial charge in [-0.2, -0.15) is 0 Å². The molecule has 0 spiro atoms. The topological polar surface area (TPSA) is 75.7 Å². The SMILES string of the molecule is Cc1ccc2c(c1C)=NC(=O)/C(=C/c1nc(-c3ccccc3)oc1O)C=2. The monoisotopic (exact) mass is 344 g/mol. The van der Waals surface area contributed by atoms with Crippen LogP contribution in [0.15, 0.2) is 57.4 Å². The Balaban J connectivity index is 1.80. The van der Waals surface area contributed by atoms with Crippen LogP contribution in [0.1, 0.15) is 16.8 Å². The summed E-state index contributed by atoms with van der Waals surface area (Å²) in [6.45, 7) is 3.93. The van der Waals surface area contributed by atoms with Crippen LogP contribution >= 0.6 is 0 Å². The molecule has 0 bridgehead atoms. The number of amides is 1. The summed E-state index contributed by atoms with van der Waals surface area (Å²) >= 11 is 0. The highest BCUT2D eigenvalue weighted by atomic mass is 16.5. The molecule has 1 aromatic heterocycles. The molecule has 0 atom stereocenters. The summed E-state index contributed by atoms with van der Waals surface area (Å²) in [6.07, 6.45) is 3.25. The number of fused-ring (bicyclic) bond motifs is 1. The molecule has 26 heavy (non-hydrogen) atoms. The van der Waals surface area contributed by atoms with E-state index in [1.165, 1.54) is 6.08 Å². The minimum absolute atomic E-state index is 0.200. The van der Waals surface area contributed by atoms with E-state index >= 15 is 0 Å². The zero-order valence-corrected chi connectivity index (χ0v) is 14.4. The van der Waals surface area contributed by atoms with E-state index in [1.54, 1.807) is 6.08 Å². The third-order valence-electron chi connectivity index (χ3n) is 4.45. The van der Waals surface area contributed by atoms with Gasteiger partial charge in [-0.05, 0) is 49.3 Å². The molecule has 5 nitrogen and oxygen atoms in total. The van der Waals surface area contributed by atoms with Crippen LogP contribution in [0.2, 0.25) is 0 Å². The van der Waals surface area contributed by atoms with E-state index in [2.05, 4.69) is 9.98 Å². The van der Waals surface area contributed by atoms with Crippen LogP contribution in [0.3, 0.4) is 0 Å². The number of carbonyl (C=O) groups excluding carboxylic acids is 1. The molecular weight excluding hydrogens is 328 g/mol. The zero-order valence-electron chi connectivity index (χ0n) is 14.4. The quantitative estimate of drug-likeness (QED) is 0.725. The van der Waals surface area contributed by atoms with Gasteiger partial charge in [-0.15, -0.1) is 0 Å². The lowest BCUT2D eigenvalue weighted by molar-refractivity contribution is -0.114. The summed E-state index contributed by atoms with van der Waals surface area (Å²) in [6, 6.07) is 13.2. The number of aromatic nitrogens is 1. The van der Waals surface area contributed by atoms with Crippen LogP contribution in [-0.2, 0) is 4.79 Å². The second-order valence-electron chi connectivity index (χ2n) is 6.18. The minimum Gasteiger partial charge on any atom is -0.479 e. The van der Waals surface area contributed by atoms with Crippen molar-refractivity contribution in [2.24, 2.45) is 4.99 Å². The molecule has 0 saturated heterocycles. The lowest BCUT2D eigenvalue weighted by Crippen LogP contribution is -2.33. The molecule has 0 unspecified atom stereocenters. The molecule has 4 rings (SSSR count). The van der Waals surface area contributed by atoms with Gasteiger partial charge in [0.1, 0.15) is 5.69 Å². The van der Waals surface area contributed by atoms with Gasteiger partial charge in [0.25, 0.3) is 5.91 Å². The van der Waals surface area contributed by atoms with Gasteiger partial charge in [0.05, 0.1) is 5.36 Å². The van der Waals surface area contributed by atoms with Crippen molar-refractivity contribution in [3.63, 3.8) is 0 Å².